The molecule has 0 saturated heterocycles. The summed E-state index contributed by atoms with van der Waals surface area (Å²) in [6, 6.07) is 5.06. The normalized spacial score (nSPS) is 17.4. The monoisotopic (exact) mass is 295 g/mol. The second kappa shape index (κ2) is 4.51. The Hall–Kier alpha value is -1.59. The highest BCUT2D eigenvalue weighted by molar-refractivity contribution is 7.12. The van der Waals surface area contributed by atoms with Crippen LogP contribution in [0.15, 0.2) is 23.6 Å². The predicted octanol–water partition coefficient (Wildman–Crippen LogP) is 3.01. The largest absolute Gasteiger partial charge is 0.481 e. The summed E-state index contributed by atoms with van der Waals surface area (Å²) in [4.78, 5) is 24.0. The minimum Gasteiger partial charge on any atom is -0.481 e. The van der Waals surface area contributed by atoms with Gasteiger partial charge in [0.2, 0.25) is 5.78 Å². The smallest absolute Gasteiger partial charge is 0.312 e. The molecule has 2 aromatic heterocycles. The zero-order valence-electron chi connectivity index (χ0n) is 9.80. The molecule has 0 saturated carbocycles. The van der Waals surface area contributed by atoms with Crippen molar-refractivity contribution in [1.29, 1.82) is 0 Å². The number of aliphatic carboxylic acids is 1. The average molecular weight is 296 g/mol. The standard InChI is InChI=1S/C13H10ClNO3S/c14-7-5-11(19-6-7)12(16)10-2-1-9-8(13(17)18)3-4-15(9)10/h1-2,5-6,8H,3-4H2,(H,17,18). The van der Waals surface area contributed by atoms with Crippen LogP contribution in [0.3, 0.4) is 0 Å². The Labute approximate surface area is 118 Å². The summed E-state index contributed by atoms with van der Waals surface area (Å²) in [5, 5.41) is 11.4. The summed E-state index contributed by atoms with van der Waals surface area (Å²) in [6.45, 7) is 0.569. The molecule has 3 heterocycles. The molecule has 98 valence electrons. The van der Waals surface area contributed by atoms with E-state index in [2.05, 4.69) is 0 Å². The Morgan fingerprint density at radius 1 is 1.42 bits per heavy atom. The number of carbonyl (C=O) groups is 2. The maximum absolute atomic E-state index is 12.3. The Bertz CT molecular complexity index is 673. The van der Waals surface area contributed by atoms with Crippen LogP contribution in [0.5, 0.6) is 0 Å². The number of thiophene rings is 1. The number of hydrogen-bond donors (Lipinski definition) is 1. The van der Waals surface area contributed by atoms with E-state index in [1.807, 2.05) is 0 Å². The molecule has 1 aliphatic heterocycles. The number of aromatic nitrogens is 1. The van der Waals surface area contributed by atoms with Gasteiger partial charge in [0, 0.05) is 17.6 Å². The third-order valence-electron chi connectivity index (χ3n) is 3.33. The number of ketones is 1. The molecule has 2 aromatic rings. The summed E-state index contributed by atoms with van der Waals surface area (Å²) >= 11 is 7.12. The number of hydrogen-bond acceptors (Lipinski definition) is 3. The minimum atomic E-state index is -0.838. The molecule has 0 fully saturated rings. The first-order chi connectivity index (χ1) is 9.08. The zero-order valence-corrected chi connectivity index (χ0v) is 11.4. The molecular formula is C13H10ClNO3S. The van der Waals surface area contributed by atoms with Crippen LogP contribution in [0.1, 0.15) is 33.4 Å². The molecule has 0 bridgehead atoms. The van der Waals surface area contributed by atoms with Crippen molar-refractivity contribution < 1.29 is 14.7 Å². The molecule has 0 radical (unpaired) electrons. The molecule has 4 nitrogen and oxygen atoms in total. The van der Waals surface area contributed by atoms with Crippen molar-refractivity contribution >= 4 is 34.7 Å². The second-order valence-electron chi connectivity index (χ2n) is 4.43. The average Bonchev–Trinajstić information content (AvgIpc) is 3.01. The lowest BCUT2D eigenvalue weighted by Crippen LogP contribution is -2.09. The first kappa shape index (κ1) is 12.4. The van der Waals surface area contributed by atoms with Crippen molar-refractivity contribution in [3.8, 4) is 0 Å². The molecule has 1 aliphatic rings. The Morgan fingerprint density at radius 3 is 2.84 bits per heavy atom. The number of rotatable bonds is 3. The number of fused-ring (bicyclic) bond motifs is 1. The van der Waals surface area contributed by atoms with Gasteiger partial charge in [0.1, 0.15) is 0 Å². The highest BCUT2D eigenvalue weighted by atomic mass is 35.5. The van der Waals surface area contributed by atoms with Crippen LogP contribution in [-0.2, 0) is 11.3 Å². The zero-order chi connectivity index (χ0) is 13.6. The Balaban J connectivity index is 1.98. The van der Waals surface area contributed by atoms with Crippen LogP contribution in [0.2, 0.25) is 5.02 Å². The van der Waals surface area contributed by atoms with Crippen LogP contribution in [0.4, 0.5) is 0 Å². The number of carbonyl (C=O) groups excluding carboxylic acids is 1. The van der Waals surface area contributed by atoms with Gasteiger partial charge < -0.3 is 9.67 Å². The van der Waals surface area contributed by atoms with Crippen LogP contribution in [0, 0.1) is 0 Å². The Kier molecular flexibility index (Phi) is 2.95. The first-order valence-electron chi connectivity index (χ1n) is 5.79. The molecule has 1 unspecified atom stereocenters. The quantitative estimate of drug-likeness (QED) is 0.886. The summed E-state index contributed by atoms with van der Waals surface area (Å²) < 4.78 is 1.80. The topological polar surface area (TPSA) is 59.3 Å². The van der Waals surface area contributed by atoms with Gasteiger partial charge in [-0.2, -0.15) is 0 Å². The molecular weight excluding hydrogens is 286 g/mol. The third-order valence-corrected chi connectivity index (χ3v) is 4.61. The molecule has 6 heteroatoms. The van der Waals surface area contributed by atoms with Crippen molar-refractivity contribution in [2.24, 2.45) is 0 Å². The maximum Gasteiger partial charge on any atom is 0.312 e. The molecule has 1 atom stereocenters. The lowest BCUT2D eigenvalue weighted by molar-refractivity contribution is -0.138. The van der Waals surface area contributed by atoms with Gasteiger partial charge >= 0.3 is 5.97 Å². The molecule has 0 aromatic carbocycles. The summed E-state index contributed by atoms with van der Waals surface area (Å²) in [5.41, 5.74) is 1.25. The fourth-order valence-corrected chi connectivity index (χ4v) is 3.47. The lowest BCUT2D eigenvalue weighted by Gasteiger charge is -2.04. The minimum absolute atomic E-state index is 0.103. The predicted molar refractivity (Wildman–Crippen MR) is 72.2 cm³/mol. The fourth-order valence-electron chi connectivity index (χ4n) is 2.45. The second-order valence-corrected chi connectivity index (χ2v) is 5.78. The molecule has 3 rings (SSSR count). The van der Waals surface area contributed by atoms with E-state index in [4.69, 9.17) is 16.7 Å². The fraction of sp³-hybridized carbons (Fsp3) is 0.231. The lowest BCUT2D eigenvalue weighted by atomic mass is 10.1. The van der Waals surface area contributed by atoms with Gasteiger partial charge in [0.15, 0.2) is 0 Å². The van der Waals surface area contributed by atoms with E-state index in [-0.39, 0.29) is 5.78 Å². The number of halogens is 1. The van der Waals surface area contributed by atoms with Gasteiger partial charge in [-0.3, -0.25) is 9.59 Å². The molecule has 19 heavy (non-hydrogen) atoms. The van der Waals surface area contributed by atoms with Crippen LogP contribution in [0.25, 0.3) is 0 Å². The molecule has 1 N–H and O–H groups in total. The van der Waals surface area contributed by atoms with Gasteiger partial charge in [-0.1, -0.05) is 11.6 Å². The van der Waals surface area contributed by atoms with Crippen molar-refractivity contribution in [1.82, 2.24) is 4.57 Å². The van der Waals surface area contributed by atoms with E-state index in [0.29, 0.717) is 34.3 Å². The Morgan fingerprint density at radius 2 is 2.21 bits per heavy atom. The third kappa shape index (κ3) is 1.99. The maximum atomic E-state index is 12.3. The van der Waals surface area contributed by atoms with E-state index in [1.54, 1.807) is 28.1 Å². The summed E-state index contributed by atoms with van der Waals surface area (Å²) in [7, 11) is 0. The summed E-state index contributed by atoms with van der Waals surface area (Å²) in [5.74, 6) is -1.45. The highest BCUT2D eigenvalue weighted by Crippen LogP contribution is 2.32. The van der Waals surface area contributed by atoms with Crippen LogP contribution >= 0.6 is 22.9 Å². The van der Waals surface area contributed by atoms with E-state index in [0.717, 1.165) is 0 Å². The number of carboxylic acid groups (broad SMARTS) is 1. The number of carboxylic acids is 1. The SMILES string of the molecule is O=C(c1cc(Cl)cs1)c1ccc2n1CCC2C(=O)O. The molecule has 0 aliphatic carbocycles. The highest BCUT2D eigenvalue weighted by Gasteiger charge is 2.31. The summed E-state index contributed by atoms with van der Waals surface area (Å²) in [6.07, 6.45) is 0.539. The van der Waals surface area contributed by atoms with E-state index in [9.17, 15) is 9.59 Å². The van der Waals surface area contributed by atoms with E-state index in [1.165, 1.54) is 11.3 Å². The number of nitrogens with zero attached hydrogens (tertiary/aromatic N) is 1. The van der Waals surface area contributed by atoms with Crippen molar-refractivity contribution in [3.05, 3.63) is 44.9 Å². The van der Waals surface area contributed by atoms with Gasteiger partial charge in [-0.15, -0.1) is 11.3 Å². The van der Waals surface area contributed by atoms with E-state index < -0.39 is 11.9 Å². The van der Waals surface area contributed by atoms with Gasteiger partial charge in [-0.25, -0.2) is 0 Å². The van der Waals surface area contributed by atoms with Crippen molar-refractivity contribution in [3.63, 3.8) is 0 Å². The first-order valence-corrected chi connectivity index (χ1v) is 7.04. The van der Waals surface area contributed by atoms with Crippen molar-refractivity contribution in [2.75, 3.05) is 0 Å². The van der Waals surface area contributed by atoms with Gasteiger partial charge in [-0.05, 0) is 24.6 Å². The molecule has 0 spiro atoms. The van der Waals surface area contributed by atoms with Gasteiger partial charge in [0.05, 0.1) is 21.5 Å². The van der Waals surface area contributed by atoms with Gasteiger partial charge in [0.25, 0.3) is 0 Å². The molecule has 0 amide bonds. The van der Waals surface area contributed by atoms with E-state index >= 15 is 0 Å². The van der Waals surface area contributed by atoms with Crippen molar-refractivity contribution in [2.45, 2.75) is 18.9 Å². The van der Waals surface area contributed by atoms with Crippen LogP contribution in [-0.4, -0.2) is 21.4 Å². The van der Waals surface area contributed by atoms with Crippen LogP contribution < -0.4 is 0 Å².